The molecule has 0 radical (unpaired) electrons. The Balaban J connectivity index is 1.79. The number of ketones is 1. The second-order valence-corrected chi connectivity index (χ2v) is 11.3. The number of carbonyl (C=O) groups is 3. The van der Waals surface area contributed by atoms with Gasteiger partial charge in [0.15, 0.2) is 0 Å². The second kappa shape index (κ2) is 11.7. The molecular formula is C23H30N4O5S2. The minimum Gasteiger partial charge on any atom is -0.349 e. The summed E-state index contributed by atoms with van der Waals surface area (Å²) < 4.78 is 32.5. The molecule has 2 heterocycles. The van der Waals surface area contributed by atoms with Crippen molar-refractivity contribution < 1.29 is 22.8 Å². The molecule has 3 rings (SSSR count). The summed E-state index contributed by atoms with van der Waals surface area (Å²) in [7, 11) is -3.96. The van der Waals surface area contributed by atoms with Gasteiger partial charge >= 0.3 is 0 Å². The van der Waals surface area contributed by atoms with Crippen molar-refractivity contribution in [2.45, 2.75) is 62.9 Å². The monoisotopic (exact) mass is 506 g/mol. The number of nitrogens with one attached hydrogen (secondary N) is 3. The summed E-state index contributed by atoms with van der Waals surface area (Å²) >= 11 is 1.39. The standard InChI is InChI=1S/C23H30N4O5S2/c1-15(2)13-20(27-34(31,32)18-8-4-3-5-9-18)22(29)25-19-11-10-16-14-17(33-26-16)7-6-12-24-23(30)21(19)28/h3-5,8-9,14-15,19-20,27H,6-7,10-13H2,1-2H3,(H,24,30)(H,25,29). The van der Waals surface area contributed by atoms with Crippen molar-refractivity contribution in [3.63, 3.8) is 0 Å². The highest BCUT2D eigenvalue weighted by atomic mass is 32.2. The van der Waals surface area contributed by atoms with Gasteiger partial charge in [-0.15, -0.1) is 0 Å². The zero-order valence-electron chi connectivity index (χ0n) is 19.2. The number of benzene rings is 1. The summed E-state index contributed by atoms with van der Waals surface area (Å²) in [6.45, 7) is 4.07. The fraction of sp³-hybridized carbons (Fsp3) is 0.478. The summed E-state index contributed by atoms with van der Waals surface area (Å²) in [5.74, 6) is -2.16. The Morgan fingerprint density at radius 1 is 1.21 bits per heavy atom. The first-order chi connectivity index (χ1) is 16.2. The van der Waals surface area contributed by atoms with Crippen molar-refractivity contribution in [1.29, 1.82) is 0 Å². The van der Waals surface area contributed by atoms with E-state index in [4.69, 9.17) is 0 Å². The molecule has 184 valence electrons. The van der Waals surface area contributed by atoms with Gasteiger partial charge in [0.1, 0.15) is 6.04 Å². The zero-order chi connectivity index (χ0) is 24.7. The third-order valence-corrected chi connectivity index (χ3v) is 7.78. The van der Waals surface area contributed by atoms with Crippen molar-refractivity contribution in [1.82, 2.24) is 19.7 Å². The summed E-state index contributed by atoms with van der Waals surface area (Å²) in [5, 5.41) is 5.24. The van der Waals surface area contributed by atoms with E-state index >= 15 is 0 Å². The predicted molar refractivity (Wildman–Crippen MR) is 129 cm³/mol. The average molecular weight is 507 g/mol. The van der Waals surface area contributed by atoms with Crippen molar-refractivity contribution in [2.75, 3.05) is 6.54 Å². The van der Waals surface area contributed by atoms with E-state index in [1.54, 1.807) is 18.2 Å². The summed E-state index contributed by atoms with van der Waals surface area (Å²) in [6, 6.07) is 7.55. The Labute approximate surface area is 203 Å². The predicted octanol–water partition coefficient (Wildman–Crippen LogP) is 1.59. The molecular weight excluding hydrogens is 476 g/mol. The first-order valence-electron chi connectivity index (χ1n) is 11.3. The number of rotatable bonds is 7. The third-order valence-electron chi connectivity index (χ3n) is 5.41. The van der Waals surface area contributed by atoms with E-state index < -0.39 is 39.7 Å². The summed E-state index contributed by atoms with van der Waals surface area (Å²) in [6.07, 6.45) is 2.26. The number of aromatic nitrogens is 1. The van der Waals surface area contributed by atoms with E-state index in [1.807, 2.05) is 19.9 Å². The van der Waals surface area contributed by atoms with E-state index in [-0.39, 0.29) is 23.7 Å². The number of sulfonamides is 1. The molecule has 0 aliphatic carbocycles. The van der Waals surface area contributed by atoms with Crippen LogP contribution < -0.4 is 15.4 Å². The fourth-order valence-electron chi connectivity index (χ4n) is 3.67. The Morgan fingerprint density at radius 2 is 1.94 bits per heavy atom. The molecule has 11 heteroatoms. The molecule has 1 aromatic carbocycles. The molecule has 3 N–H and O–H groups in total. The normalized spacial score (nSPS) is 18.5. The van der Waals surface area contributed by atoms with Crippen LogP contribution in [0.5, 0.6) is 0 Å². The third kappa shape index (κ3) is 7.18. The van der Waals surface area contributed by atoms with Crippen LogP contribution in [0.2, 0.25) is 0 Å². The van der Waals surface area contributed by atoms with Gasteiger partial charge in [0.2, 0.25) is 21.7 Å². The van der Waals surface area contributed by atoms with Crippen LogP contribution in [0.4, 0.5) is 0 Å². The lowest BCUT2D eigenvalue weighted by Gasteiger charge is -2.23. The van der Waals surface area contributed by atoms with Crippen LogP contribution in [0.25, 0.3) is 0 Å². The van der Waals surface area contributed by atoms with Gasteiger partial charge in [0.25, 0.3) is 5.91 Å². The molecule has 1 aliphatic heterocycles. The summed E-state index contributed by atoms with van der Waals surface area (Å²) in [4.78, 5) is 39.5. The van der Waals surface area contributed by atoms with Crippen molar-refractivity contribution in [2.24, 2.45) is 5.92 Å². The molecule has 0 saturated carbocycles. The van der Waals surface area contributed by atoms with E-state index in [2.05, 4.69) is 19.7 Å². The highest BCUT2D eigenvalue weighted by molar-refractivity contribution is 7.89. The van der Waals surface area contributed by atoms with Crippen LogP contribution in [0.1, 0.15) is 43.7 Å². The van der Waals surface area contributed by atoms with Gasteiger partial charge in [0, 0.05) is 11.4 Å². The molecule has 2 unspecified atom stereocenters. The lowest BCUT2D eigenvalue weighted by Crippen LogP contribution is -2.54. The molecule has 0 fully saturated rings. The van der Waals surface area contributed by atoms with Crippen LogP contribution >= 0.6 is 11.5 Å². The summed E-state index contributed by atoms with van der Waals surface area (Å²) in [5.41, 5.74) is 0.802. The number of hydrogen-bond acceptors (Lipinski definition) is 7. The highest BCUT2D eigenvalue weighted by Crippen LogP contribution is 2.16. The SMILES string of the molecule is CC(C)CC(NS(=O)(=O)c1ccccc1)C(=O)NC1CCc2cc(sn2)CCCNC(=O)C1=O. The topological polar surface area (TPSA) is 134 Å². The molecule has 2 atom stereocenters. The first kappa shape index (κ1) is 26.0. The number of carbonyl (C=O) groups excluding carboxylic acids is 3. The van der Waals surface area contributed by atoms with Gasteiger partial charge in [-0.1, -0.05) is 32.0 Å². The maximum Gasteiger partial charge on any atom is 0.289 e. The van der Waals surface area contributed by atoms with Gasteiger partial charge < -0.3 is 10.6 Å². The number of hydrogen-bond donors (Lipinski definition) is 3. The van der Waals surface area contributed by atoms with Gasteiger partial charge in [-0.05, 0) is 67.8 Å². The van der Waals surface area contributed by atoms with Crippen LogP contribution in [0.3, 0.4) is 0 Å². The molecule has 1 aromatic heterocycles. The largest absolute Gasteiger partial charge is 0.349 e. The Morgan fingerprint density at radius 3 is 2.65 bits per heavy atom. The second-order valence-electron chi connectivity index (χ2n) is 8.72. The molecule has 1 aliphatic rings. The molecule has 2 amide bonds. The number of fused-ring (bicyclic) bond motifs is 2. The van der Waals surface area contributed by atoms with Gasteiger partial charge in [-0.2, -0.15) is 9.10 Å². The molecule has 34 heavy (non-hydrogen) atoms. The smallest absolute Gasteiger partial charge is 0.289 e. The van der Waals surface area contributed by atoms with Crippen molar-refractivity contribution >= 4 is 39.2 Å². The highest BCUT2D eigenvalue weighted by Gasteiger charge is 2.32. The minimum absolute atomic E-state index is 0.00189. The van der Waals surface area contributed by atoms with Crippen LogP contribution in [0.15, 0.2) is 41.3 Å². The lowest BCUT2D eigenvalue weighted by molar-refractivity contribution is -0.140. The molecule has 2 bridgehead atoms. The van der Waals surface area contributed by atoms with Crippen molar-refractivity contribution in [3.8, 4) is 0 Å². The van der Waals surface area contributed by atoms with Crippen molar-refractivity contribution in [3.05, 3.63) is 47.0 Å². The van der Waals surface area contributed by atoms with Gasteiger partial charge in [-0.3, -0.25) is 14.4 Å². The van der Waals surface area contributed by atoms with E-state index in [1.165, 1.54) is 23.7 Å². The van der Waals surface area contributed by atoms with E-state index in [0.717, 1.165) is 17.0 Å². The molecule has 2 aromatic rings. The number of Topliss-reactive ketones (excluding diaryl/α,β-unsaturated/α-hetero) is 1. The average Bonchev–Trinajstić information content (AvgIpc) is 3.25. The molecule has 0 spiro atoms. The number of nitrogens with zero attached hydrogens (tertiary/aromatic N) is 1. The van der Waals surface area contributed by atoms with Gasteiger partial charge in [-0.25, -0.2) is 8.42 Å². The maximum absolute atomic E-state index is 13.2. The zero-order valence-corrected chi connectivity index (χ0v) is 20.9. The number of aryl methyl sites for hydroxylation is 2. The Kier molecular flexibility index (Phi) is 8.92. The Hall–Kier alpha value is -2.63. The maximum atomic E-state index is 13.2. The molecule has 0 saturated heterocycles. The quantitative estimate of drug-likeness (QED) is 0.488. The van der Waals surface area contributed by atoms with E-state index in [9.17, 15) is 22.8 Å². The minimum atomic E-state index is -3.96. The Bertz CT molecular complexity index is 1120. The van der Waals surface area contributed by atoms with E-state index in [0.29, 0.717) is 19.4 Å². The van der Waals surface area contributed by atoms with Gasteiger partial charge in [0.05, 0.1) is 16.6 Å². The van der Waals surface area contributed by atoms with Crippen LogP contribution in [-0.2, 0) is 37.2 Å². The van der Waals surface area contributed by atoms with Crippen LogP contribution in [0, 0.1) is 5.92 Å². The first-order valence-corrected chi connectivity index (χ1v) is 13.6. The molecule has 9 nitrogen and oxygen atoms in total. The van der Waals surface area contributed by atoms with Crippen LogP contribution in [-0.4, -0.2) is 49.0 Å². The lowest BCUT2D eigenvalue weighted by atomic mass is 10.0. The fourth-order valence-corrected chi connectivity index (χ4v) is 5.70. The number of amides is 2.